The molecule has 1 heterocycles. The highest BCUT2D eigenvalue weighted by atomic mass is 15.2. The Balaban J connectivity index is 1.78. The van der Waals surface area contributed by atoms with Crippen molar-refractivity contribution < 1.29 is 0 Å². The van der Waals surface area contributed by atoms with Crippen molar-refractivity contribution in [2.24, 2.45) is 17.8 Å². The summed E-state index contributed by atoms with van der Waals surface area (Å²) in [6.45, 7) is 12.2. The zero-order valence-corrected chi connectivity index (χ0v) is 14.0. The summed E-state index contributed by atoms with van der Waals surface area (Å²) in [5, 5.41) is 3.89. The number of hydrogen-bond acceptors (Lipinski definition) is 2. The molecule has 2 atom stereocenters. The fourth-order valence-corrected chi connectivity index (χ4v) is 3.85. The Morgan fingerprint density at radius 1 is 1.15 bits per heavy atom. The van der Waals surface area contributed by atoms with E-state index in [4.69, 9.17) is 0 Å². The molecule has 0 aromatic heterocycles. The van der Waals surface area contributed by atoms with Gasteiger partial charge in [-0.3, -0.25) is 0 Å². The van der Waals surface area contributed by atoms with Crippen LogP contribution in [0.2, 0.25) is 0 Å². The third-order valence-corrected chi connectivity index (χ3v) is 5.12. The monoisotopic (exact) mass is 280 g/mol. The fraction of sp³-hybridized carbons (Fsp3) is 1.00. The van der Waals surface area contributed by atoms with Crippen LogP contribution in [0.15, 0.2) is 0 Å². The van der Waals surface area contributed by atoms with Gasteiger partial charge in [0, 0.05) is 25.7 Å². The Morgan fingerprint density at radius 3 is 2.55 bits per heavy atom. The van der Waals surface area contributed by atoms with Crippen LogP contribution in [0.25, 0.3) is 0 Å². The topological polar surface area (TPSA) is 15.3 Å². The molecule has 1 aliphatic heterocycles. The van der Waals surface area contributed by atoms with Crippen molar-refractivity contribution in [2.75, 3.05) is 26.2 Å². The Hall–Kier alpha value is -0.0800. The molecule has 1 saturated carbocycles. The van der Waals surface area contributed by atoms with E-state index in [1.807, 2.05) is 0 Å². The minimum atomic E-state index is 0.755. The number of hydrogen-bond donors (Lipinski definition) is 1. The maximum Gasteiger partial charge on any atom is 0.0198 e. The minimum absolute atomic E-state index is 0.755. The fourth-order valence-electron chi connectivity index (χ4n) is 3.85. The van der Waals surface area contributed by atoms with Gasteiger partial charge < -0.3 is 10.2 Å². The second-order valence-corrected chi connectivity index (χ2v) is 7.76. The summed E-state index contributed by atoms with van der Waals surface area (Å²) in [5.41, 5.74) is 0. The lowest BCUT2D eigenvalue weighted by Gasteiger charge is -2.40. The van der Waals surface area contributed by atoms with Crippen molar-refractivity contribution in [1.29, 1.82) is 0 Å². The lowest BCUT2D eigenvalue weighted by Crippen LogP contribution is -2.51. The number of unbranched alkanes of at least 4 members (excludes halogenated alkanes) is 1. The zero-order valence-electron chi connectivity index (χ0n) is 14.0. The molecule has 0 aromatic carbocycles. The van der Waals surface area contributed by atoms with E-state index < -0.39 is 0 Å². The van der Waals surface area contributed by atoms with Crippen LogP contribution < -0.4 is 5.32 Å². The molecular formula is C18H36N2. The number of nitrogens with zero attached hydrogens (tertiary/aromatic N) is 1. The van der Waals surface area contributed by atoms with Crippen molar-refractivity contribution in [1.82, 2.24) is 10.2 Å². The van der Waals surface area contributed by atoms with Crippen LogP contribution >= 0.6 is 0 Å². The molecule has 0 amide bonds. The summed E-state index contributed by atoms with van der Waals surface area (Å²) >= 11 is 0. The number of nitrogens with one attached hydrogen (secondary N) is 1. The molecular weight excluding hydrogens is 244 g/mol. The van der Waals surface area contributed by atoms with Crippen LogP contribution in [0, 0.1) is 17.8 Å². The molecule has 2 aliphatic rings. The first-order valence-electron chi connectivity index (χ1n) is 9.13. The van der Waals surface area contributed by atoms with E-state index in [2.05, 4.69) is 31.0 Å². The highest BCUT2D eigenvalue weighted by Gasteiger charge is 2.28. The maximum absolute atomic E-state index is 3.89. The van der Waals surface area contributed by atoms with Crippen LogP contribution in [0.3, 0.4) is 0 Å². The quantitative estimate of drug-likeness (QED) is 0.725. The Bertz CT molecular complexity index is 260. The molecule has 1 saturated heterocycles. The summed E-state index contributed by atoms with van der Waals surface area (Å²) in [6.07, 6.45) is 10.0. The molecule has 0 radical (unpaired) electrons. The third kappa shape index (κ3) is 5.37. The van der Waals surface area contributed by atoms with Crippen molar-refractivity contribution in [3.8, 4) is 0 Å². The molecule has 1 N–H and O–H groups in total. The lowest BCUT2D eigenvalue weighted by atomic mass is 9.84. The smallest absolute Gasteiger partial charge is 0.0198 e. The molecule has 2 fully saturated rings. The number of likely N-dealkylation sites (tertiary alicyclic amines) is 1. The third-order valence-electron chi connectivity index (χ3n) is 5.12. The molecule has 2 unspecified atom stereocenters. The molecule has 0 aromatic rings. The molecule has 1 aliphatic carbocycles. The first kappa shape index (κ1) is 16.3. The second-order valence-electron chi connectivity index (χ2n) is 7.76. The van der Waals surface area contributed by atoms with Crippen molar-refractivity contribution in [2.45, 2.75) is 71.8 Å². The van der Waals surface area contributed by atoms with Gasteiger partial charge in [-0.05, 0) is 50.0 Å². The maximum atomic E-state index is 3.89. The van der Waals surface area contributed by atoms with Gasteiger partial charge in [0.05, 0.1) is 0 Å². The summed E-state index contributed by atoms with van der Waals surface area (Å²) in [4.78, 5) is 2.73. The van der Waals surface area contributed by atoms with Gasteiger partial charge in [-0.2, -0.15) is 0 Å². The molecule has 2 rings (SSSR count). The van der Waals surface area contributed by atoms with E-state index in [1.54, 1.807) is 0 Å². The summed E-state index contributed by atoms with van der Waals surface area (Å²) in [7, 11) is 0. The molecule has 0 spiro atoms. The van der Waals surface area contributed by atoms with E-state index in [0.717, 1.165) is 23.8 Å². The zero-order chi connectivity index (χ0) is 14.4. The van der Waals surface area contributed by atoms with E-state index in [0.29, 0.717) is 0 Å². The van der Waals surface area contributed by atoms with Gasteiger partial charge in [-0.15, -0.1) is 0 Å². The summed E-state index contributed by atoms with van der Waals surface area (Å²) in [6, 6.07) is 0.755. The van der Waals surface area contributed by atoms with Gasteiger partial charge in [0.2, 0.25) is 0 Å². The van der Waals surface area contributed by atoms with Gasteiger partial charge in [0.15, 0.2) is 0 Å². The van der Waals surface area contributed by atoms with Crippen molar-refractivity contribution >= 4 is 0 Å². The van der Waals surface area contributed by atoms with Crippen LogP contribution in [-0.4, -0.2) is 37.1 Å². The average molecular weight is 280 g/mol. The predicted molar refractivity (Wildman–Crippen MR) is 88.0 cm³/mol. The molecule has 0 bridgehead atoms. The molecule has 2 nitrogen and oxygen atoms in total. The van der Waals surface area contributed by atoms with Gasteiger partial charge in [0.1, 0.15) is 0 Å². The van der Waals surface area contributed by atoms with E-state index in [9.17, 15) is 0 Å². The predicted octanol–water partition coefficient (Wildman–Crippen LogP) is 3.91. The normalized spacial score (nSPS) is 28.8. The largest absolute Gasteiger partial charge is 0.312 e. The van der Waals surface area contributed by atoms with E-state index in [-0.39, 0.29) is 0 Å². The van der Waals surface area contributed by atoms with Crippen LogP contribution in [-0.2, 0) is 0 Å². The van der Waals surface area contributed by atoms with Gasteiger partial charge in [-0.1, -0.05) is 40.0 Å². The summed E-state index contributed by atoms with van der Waals surface area (Å²) < 4.78 is 0. The van der Waals surface area contributed by atoms with Crippen molar-refractivity contribution in [3.05, 3.63) is 0 Å². The van der Waals surface area contributed by atoms with Crippen molar-refractivity contribution in [3.63, 3.8) is 0 Å². The average Bonchev–Trinajstić information content (AvgIpc) is 2.33. The lowest BCUT2D eigenvalue weighted by molar-refractivity contribution is 0.117. The van der Waals surface area contributed by atoms with Gasteiger partial charge >= 0.3 is 0 Å². The molecule has 118 valence electrons. The van der Waals surface area contributed by atoms with Crippen LogP contribution in [0.4, 0.5) is 0 Å². The van der Waals surface area contributed by atoms with Gasteiger partial charge in [-0.25, -0.2) is 0 Å². The van der Waals surface area contributed by atoms with Crippen LogP contribution in [0.1, 0.15) is 65.7 Å². The highest BCUT2D eigenvalue weighted by Crippen LogP contribution is 2.27. The number of piperidine rings is 1. The second kappa shape index (κ2) is 8.38. The first-order valence-corrected chi connectivity index (χ1v) is 9.13. The van der Waals surface area contributed by atoms with E-state index >= 15 is 0 Å². The van der Waals surface area contributed by atoms with Crippen LogP contribution in [0.5, 0.6) is 0 Å². The highest BCUT2D eigenvalue weighted by molar-refractivity contribution is 4.85. The molecule has 20 heavy (non-hydrogen) atoms. The number of rotatable bonds is 8. The minimum Gasteiger partial charge on any atom is -0.312 e. The molecule has 2 heteroatoms. The Kier molecular flexibility index (Phi) is 6.83. The first-order chi connectivity index (χ1) is 9.67. The Labute approximate surface area is 126 Å². The summed E-state index contributed by atoms with van der Waals surface area (Å²) in [5.74, 6) is 2.72. The SMILES string of the molecule is CCCCC1CC(NCC2CCC2)CN(CC(C)C)C1. The van der Waals surface area contributed by atoms with Gasteiger partial charge in [0.25, 0.3) is 0 Å². The Morgan fingerprint density at radius 2 is 1.95 bits per heavy atom. The van der Waals surface area contributed by atoms with E-state index in [1.165, 1.54) is 71.1 Å². The standard InChI is InChI=1S/C18H36N2/c1-4-5-7-17-10-18(19-11-16-8-6-9-16)14-20(13-17)12-15(2)3/h15-19H,4-14H2,1-3H3.